The number of hydrogen-bond acceptors (Lipinski definition) is 0. The van der Waals surface area contributed by atoms with Crippen LogP contribution in [0.15, 0.2) is 0 Å². The standard InChI is InChI=1S/C3F9S/c4-1(13(11)12,2(5,6)7)3(8,9)10/q+1. The average molecular weight is 239 g/mol. The number of halogens is 9. The Balaban J connectivity index is 5.22. The van der Waals surface area contributed by atoms with Gasteiger partial charge < -0.3 is 0 Å². The maximum Gasteiger partial charge on any atom is 0.530 e. The molecule has 0 amide bonds. The summed E-state index contributed by atoms with van der Waals surface area (Å²) in [6.07, 6.45) is -13.3. The topological polar surface area (TPSA) is 0 Å². The van der Waals surface area contributed by atoms with E-state index in [0.29, 0.717) is 0 Å². The Labute approximate surface area is 68.6 Å². The summed E-state index contributed by atoms with van der Waals surface area (Å²) >= 11 is -5.47. The molecule has 0 atom stereocenters. The third-order valence-electron chi connectivity index (χ3n) is 0.942. The molecule has 0 aliphatic heterocycles. The zero-order chi connectivity index (χ0) is 11.1. The molecule has 0 fully saturated rings. The molecule has 0 aromatic carbocycles. The SMILES string of the molecule is F[S+](F)C(F)(C(F)(F)F)C(F)(F)F. The molecule has 0 nitrogen and oxygen atoms in total. The summed E-state index contributed by atoms with van der Waals surface area (Å²) < 4.78 is 102. The van der Waals surface area contributed by atoms with Crippen LogP contribution in [-0.2, 0) is 11.7 Å². The highest BCUT2D eigenvalue weighted by molar-refractivity contribution is 7.88. The minimum absolute atomic E-state index is 5.47. The number of rotatable bonds is 1. The van der Waals surface area contributed by atoms with E-state index in [9.17, 15) is 38.5 Å². The van der Waals surface area contributed by atoms with E-state index in [1.54, 1.807) is 0 Å². The lowest BCUT2D eigenvalue weighted by molar-refractivity contribution is -0.306. The largest absolute Gasteiger partial charge is 0.530 e. The van der Waals surface area contributed by atoms with Crippen molar-refractivity contribution in [2.75, 3.05) is 0 Å². The molecule has 80 valence electrons. The molecule has 0 saturated carbocycles. The van der Waals surface area contributed by atoms with Gasteiger partial charge in [-0.3, -0.25) is 0 Å². The quantitative estimate of drug-likeness (QED) is 0.487. The van der Waals surface area contributed by atoms with Crippen molar-refractivity contribution in [2.24, 2.45) is 0 Å². The van der Waals surface area contributed by atoms with E-state index in [1.807, 2.05) is 0 Å². The Kier molecular flexibility index (Phi) is 3.07. The van der Waals surface area contributed by atoms with Gasteiger partial charge in [-0.1, -0.05) is 0 Å². The first-order valence-electron chi connectivity index (χ1n) is 2.34. The fraction of sp³-hybridized carbons (Fsp3) is 1.00. The zero-order valence-electron chi connectivity index (χ0n) is 5.31. The van der Waals surface area contributed by atoms with Gasteiger partial charge in [0.2, 0.25) is 0 Å². The maximum atomic E-state index is 11.9. The van der Waals surface area contributed by atoms with Crippen molar-refractivity contribution < 1.29 is 38.5 Å². The lowest BCUT2D eigenvalue weighted by atomic mass is 10.3. The molecule has 10 heteroatoms. The van der Waals surface area contributed by atoms with Crippen LogP contribution in [0.3, 0.4) is 0 Å². The van der Waals surface area contributed by atoms with Crippen LogP contribution in [0.2, 0.25) is 0 Å². The normalized spacial score (nSPS) is 15.2. The molecule has 0 radical (unpaired) electrons. The van der Waals surface area contributed by atoms with Gasteiger partial charge in [-0.05, 0) is 0 Å². The fourth-order valence-corrected chi connectivity index (χ4v) is 0.686. The van der Waals surface area contributed by atoms with Gasteiger partial charge in [-0.25, -0.2) is 0 Å². The molecule has 0 aliphatic carbocycles. The molecule has 0 bridgehead atoms. The number of hydrogen-bond donors (Lipinski definition) is 0. The molecule has 0 heterocycles. The average Bonchev–Trinajstić information content (AvgIpc) is 1.80. The van der Waals surface area contributed by atoms with Crippen LogP contribution in [0, 0.1) is 0 Å². The van der Waals surface area contributed by atoms with Gasteiger partial charge in [0.15, 0.2) is 0 Å². The molecule has 0 aromatic rings. The van der Waals surface area contributed by atoms with Gasteiger partial charge in [0.25, 0.3) is 0 Å². The van der Waals surface area contributed by atoms with E-state index in [0.717, 1.165) is 0 Å². The highest BCUT2D eigenvalue weighted by Crippen LogP contribution is 2.51. The molecule has 0 aromatic heterocycles. The van der Waals surface area contributed by atoms with Crippen molar-refractivity contribution in [3.8, 4) is 0 Å². The second-order valence-corrected chi connectivity index (χ2v) is 2.79. The molecule has 0 rings (SSSR count). The Morgan fingerprint density at radius 1 is 0.615 bits per heavy atom. The monoisotopic (exact) mass is 239 g/mol. The number of alkyl halides is 7. The van der Waals surface area contributed by atoms with E-state index in [2.05, 4.69) is 0 Å². The first-order valence-corrected chi connectivity index (χ1v) is 3.36. The summed E-state index contributed by atoms with van der Waals surface area (Å²) in [5.74, 6) is 0. The van der Waals surface area contributed by atoms with E-state index in [4.69, 9.17) is 0 Å². The minimum atomic E-state index is -6.67. The summed E-state index contributed by atoms with van der Waals surface area (Å²) in [6, 6.07) is 0. The van der Waals surface area contributed by atoms with Crippen LogP contribution in [0.4, 0.5) is 38.5 Å². The first kappa shape index (κ1) is 12.7. The van der Waals surface area contributed by atoms with Crippen LogP contribution in [0.5, 0.6) is 0 Å². The summed E-state index contributed by atoms with van der Waals surface area (Å²) in [7, 11) is 0. The van der Waals surface area contributed by atoms with E-state index in [-0.39, 0.29) is 0 Å². The summed E-state index contributed by atoms with van der Waals surface area (Å²) in [4.78, 5) is 0. The molecular formula is C3F9S+. The fourth-order valence-electron chi connectivity index (χ4n) is 0.336. The van der Waals surface area contributed by atoms with E-state index < -0.39 is 29.0 Å². The van der Waals surface area contributed by atoms with Crippen molar-refractivity contribution in [1.29, 1.82) is 0 Å². The van der Waals surface area contributed by atoms with E-state index >= 15 is 0 Å². The second-order valence-electron chi connectivity index (χ2n) is 1.80. The van der Waals surface area contributed by atoms with Gasteiger partial charge in [-0.2, -0.15) is 30.7 Å². The minimum Gasteiger partial charge on any atom is -0.163 e. The maximum absolute atomic E-state index is 11.9. The molecule has 0 saturated heterocycles. The van der Waals surface area contributed by atoms with Crippen molar-refractivity contribution >= 4 is 11.7 Å². The Bertz CT molecular complexity index is 162. The van der Waals surface area contributed by atoms with Gasteiger partial charge >= 0.3 is 29.0 Å². The van der Waals surface area contributed by atoms with Crippen molar-refractivity contribution in [1.82, 2.24) is 0 Å². The predicted molar refractivity (Wildman–Crippen MR) is 25.5 cm³/mol. The lowest BCUT2D eigenvalue weighted by Gasteiger charge is -2.19. The first-order chi connectivity index (χ1) is 5.44. The summed E-state index contributed by atoms with van der Waals surface area (Å²) in [5.41, 5.74) is 0. The second kappa shape index (κ2) is 3.14. The van der Waals surface area contributed by atoms with Crippen LogP contribution in [0.25, 0.3) is 0 Å². The molecule has 13 heavy (non-hydrogen) atoms. The van der Waals surface area contributed by atoms with Crippen LogP contribution in [-0.4, -0.2) is 17.4 Å². The highest BCUT2D eigenvalue weighted by atomic mass is 32.3. The van der Waals surface area contributed by atoms with Crippen LogP contribution < -0.4 is 0 Å². The predicted octanol–water partition coefficient (Wildman–Crippen LogP) is 3.16. The Hall–Kier alpha value is -0.280. The van der Waals surface area contributed by atoms with Gasteiger partial charge in [-0.15, -0.1) is 0 Å². The third kappa shape index (κ3) is 1.97. The van der Waals surface area contributed by atoms with E-state index in [1.165, 1.54) is 0 Å². The zero-order valence-corrected chi connectivity index (χ0v) is 6.13. The summed E-state index contributed by atoms with van der Waals surface area (Å²) in [5, 5.41) is -6.43. The molecule has 0 spiro atoms. The van der Waals surface area contributed by atoms with Crippen LogP contribution in [0.1, 0.15) is 0 Å². The van der Waals surface area contributed by atoms with Gasteiger partial charge in [0, 0.05) is 0 Å². The highest BCUT2D eigenvalue weighted by Gasteiger charge is 2.88. The van der Waals surface area contributed by atoms with Gasteiger partial charge in [0.1, 0.15) is 0 Å². The molecular weight excluding hydrogens is 239 g/mol. The van der Waals surface area contributed by atoms with Crippen molar-refractivity contribution in [3.63, 3.8) is 0 Å². The Morgan fingerprint density at radius 2 is 0.846 bits per heavy atom. The van der Waals surface area contributed by atoms with Crippen molar-refractivity contribution in [3.05, 3.63) is 0 Å². The molecule has 0 unspecified atom stereocenters. The Morgan fingerprint density at radius 3 is 0.846 bits per heavy atom. The molecule has 0 aliphatic rings. The van der Waals surface area contributed by atoms with Crippen molar-refractivity contribution in [2.45, 2.75) is 17.4 Å². The van der Waals surface area contributed by atoms with Crippen LogP contribution >= 0.6 is 0 Å². The summed E-state index contributed by atoms with van der Waals surface area (Å²) in [6.45, 7) is 0. The molecule has 0 N–H and O–H groups in total. The van der Waals surface area contributed by atoms with Gasteiger partial charge in [0.05, 0.1) is 7.77 Å². The third-order valence-corrected chi connectivity index (χ3v) is 1.83. The smallest absolute Gasteiger partial charge is 0.163 e. The lowest BCUT2D eigenvalue weighted by Crippen LogP contribution is -2.56.